The maximum atomic E-state index is 5.96. The van der Waals surface area contributed by atoms with Crippen LogP contribution in [0.4, 0.5) is 0 Å². The zero-order valence-electron chi connectivity index (χ0n) is 11.5. The summed E-state index contributed by atoms with van der Waals surface area (Å²) in [7, 11) is 0. The highest BCUT2D eigenvalue weighted by molar-refractivity contribution is 4.80. The molecular formula is C15H24O4. The molecule has 0 bridgehead atoms. The van der Waals surface area contributed by atoms with E-state index in [2.05, 4.69) is 0 Å². The molecule has 4 aliphatic rings. The first kappa shape index (κ1) is 12.6. The summed E-state index contributed by atoms with van der Waals surface area (Å²) in [4.78, 5) is 0. The fraction of sp³-hybridized carbons (Fsp3) is 1.00. The van der Waals surface area contributed by atoms with Crippen molar-refractivity contribution in [2.75, 3.05) is 0 Å². The Morgan fingerprint density at radius 3 is 1.00 bits per heavy atom. The average molecular weight is 268 g/mol. The van der Waals surface area contributed by atoms with Gasteiger partial charge in [0.15, 0.2) is 12.6 Å². The van der Waals surface area contributed by atoms with Crippen molar-refractivity contribution in [3.05, 3.63) is 0 Å². The van der Waals surface area contributed by atoms with Gasteiger partial charge in [0.1, 0.15) is 0 Å². The predicted molar refractivity (Wildman–Crippen MR) is 68.6 cm³/mol. The fourth-order valence-electron chi connectivity index (χ4n) is 2.12. The highest BCUT2D eigenvalue weighted by Crippen LogP contribution is 2.35. The van der Waals surface area contributed by atoms with E-state index in [-0.39, 0.29) is 12.6 Å². The van der Waals surface area contributed by atoms with Crippen molar-refractivity contribution >= 4 is 0 Å². The first-order valence-corrected chi connectivity index (χ1v) is 7.97. The van der Waals surface area contributed by atoms with Crippen molar-refractivity contribution in [2.24, 2.45) is 0 Å². The van der Waals surface area contributed by atoms with E-state index >= 15 is 0 Å². The van der Waals surface area contributed by atoms with Crippen molar-refractivity contribution in [3.63, 3.8) is 0 Å². The summed E-state index contributed by atoms with van der Waals surface area (Å²) in [6.07, 6.45) is 11.6. The van der Waals surface area contributed by atoms with Gasteiger partial charge in [-0.25, -0.2) is 0 Å². The molecule has 0 heterocycles. The van der Waals surface area contributed by atoms with Gasteiger partial charge in [0.25, 0.3) is 0 Å². The van der Waals surface area contributed by atoms with Crippen LogP contribution in [0.5, 0.6) is 0 Å². The Kier molecular flexibility index (Phi) is 3.52. The quantitative estimate of drug-likeness (QED) is 0.571. The van der Waals surface area contributed by atoms with Gasteiger partial charge in [-0.15, -0.1) is 0 Å². The van der Waals surface area contributed by atoms with E-state index in [1.165, 1.54) is 51.4 Å². The van der Waals surface area contributed by atoms with Gasteiger partial charge in [-0.1, -0.05) is 0 Å². The lowest BCUT2D eigenvalue weighted by atomic mass is 10.4. The van der Waals surface area contributed by atoms with Gasteiger partial charge in [0, 0.05) is 6.42 Å². The summed E-state index contributed by atoms with van der Waals surface area (Å²) >= 11 is 0. The van der Waals surface area contributed by atoms with Crippen molar-refractivity contribution in [2.45, 2.75) is 94.8 Å². The number of hydrogen-bond donors (Lipinski definition) is 0. The Morgan fingerprint density at radius 2 is 0.789 bits per heavy atom. The van der Waals surface area contributed by atoms with Gasteiger partial charge >= 0.3 is 0 Å². The van der Waals surface area contributed by atoms with Crippen LogP contribution in [0.1, 0.15) is 57.8 Å². The SMILES string of the molecule is C1CC1OC(CC(OC1CC1)OC1CC1)OC1CC1. The molecule has 0 aromatic heterocycles. The Bertz CT molecular complexity index is 247. The Labute approximate surface area is 114 Å². The van der Waals surface area contributed by atoms with Crippen LogP contribution < -0.4 is 0 Å². The molecule has 4 fully saturated rings. The zero-order valence-corrected chi connectivity index (χ0v) is 11.5. The summed E-state index contributed by atoms with van der Waals surface area (Å²) in [5, 5.41) is 0. The molecule has 4 rings (SSSR count). The van der Waals surface area contributed by atoms with Gasteiger partial charge in [-0.05, 0) is 51.4 Å². The normalized spacial score (nSPS) is 27.5. The molecule has 4 heteroatoms. The van der Waals surface area contributed by atoms with E-state index in [1.807, 2.05) is 0 Å². The topological polar surface area (TPSA) is 36.9 Å². The molecule has 0 aliphatic heterocycles. The molecule has 108 valence electrons. The second kappa shape index (κ2) is 5.32. The summed E-state index contributed by atoms with van der Waals surface area (Å²) in [5.74, 6) is 0. The number of hydrogen-bond acceptors (Lipinski definition) is 4. The second-order valence-corrected chi connectivity index (χ2v) is 6.44. The van der Waals surface area contributed by atoms with E-state index < -0.39 is 0 Å². The third-order valence-corrected chi connectivity index (χ3v) is 3.86. The lowest BCUT2D eigenvalue weighted by Crippen LogP contribution is -2.30. The molecule has 0 spiro atoms. The molecular weight excluding hydrogens is 244 g/mol. The molecule has 0 N–H and O–H groups in total. The van der Waals surface area contributed by atoms with Crippen LogP contribution in [-0.4, -0.2) is 37.0 Å². The van der Waals surface area contributed by atoms with Gasteiger partial charge < -0.3 is 18.9 Å². The monoisotopic (exact) mass is 268 g/mol. The minimum Gasteiger partial charge on any atom is -0.349 e. The van der Waals surface area contributed by atoms with E-state index in [4.69, 9.17) is 18.9 Å². The zero-order chi connectivity index (χ0) is 12.7. The Morgan fingerprint density at radius 1 is 0.526 bits per heavy atom. The highest BCUT2D eigenvalue weighted by Gasteiger charge is 2.37. The van der Waals surface area contributed by atoms with E-state index in [9.17, 15) is 0 Å². The fourth-order valence-corrected chi connectivity index (χ4v) is 2.12. The summed E-state index contributed by atoms with van der Waals surface area (Å²) < 4.78 is 23.9. The number of ether oxygens (including phenoxy) is 4. The smallest absolute Gasteiger partial charge is 0.163 e. The van der Waals surface area contributed by atoms with E-state index in [0.717, 1.165) is 6.42 Å². The molecule has 4 aliphatic carbocycles. The summed E-state index contributed by atoms with van der Waals surface area (Å²) in [5.41, 5.74) is 0. The van der Waals surface area contributed by atoms with Crippen molar-refractivity contribution in [1.82, 2.24) is 0 Å². The van der Waals surface area contributed by atoms with Crippen LogP contribution in [0.2, 0.25) is 0 Å². The third kappa shape index (κ3) is 4.42. The maximum Gasteiger partial charge on any atom is 0.163 e. The lowest BCUT2D eigenvalue weighted by Gasteiger charge is -2.24. The molecule has 4 saturated carbocycles. The molecule has 0 aromatic carbocycles. The van der Waals surface area contributed by atoms with E-state index in [1.54, 1.807) is 0 Å². The maximum absolute atomic E-state index is 5.96. The van der Waals surface area contributed by atoms with Crippen molar-refractivity contribution in [1.29, 1.82) is 0 Å². The van der Waals surface area contributed by atoms with Gasteiger partial charge in [0.2, 0.25) is 0 Å². The minimum atomic E-state index is -0.123. The predicted octanol–water partition coefficient (Wildman–Crippen LogP) is 2.74. The molecule has 0 amide bonds. The lowest BCUT2D eigenvalue weighted by molar-refractivity contribution is -0.225. The van der Waals surface area contributed by atoms with Crippen LogP contribution in [0.3, 0.4) is 0 Å². The van der Waals surface area contributed by atoms with Gasteiger partial charge in [0.05, 0.1) is 24.4 Å². The highest BCUT2D eigenvalue weighted by atomic mass is 16.7. The van der Waals surface area contributed by atoms with Gasteiger partial charge in [-0.2, -0.15) is 0 Å². The Hall–Kier alpha value is -0.160. The molecule has 0 unspecified atom stereocenters. The van der Waals surface area contributed by atoms with Crippen LogP contribution in [0, 0.1) is 0 Å². The van der Waals surface area contributed by atoms with Crippen LogP contribution >= 0.6 is 0 Å². The number of rotatable bonds is 10. The van der Waals surface area contributed by atoms with Crippen LogP contribution in [0.25, 0.3) is 0 Å². The standard InChI is InChI=1S/C15H24O4/c1-2-10(1)16-14(17-11-3-4-11)9-15(18-12-5-6-12)19-13-7-8-13/h10-15H,1-9H2. The molecule has 0 atom stereocenters. The first-order chi connectivity index (χ1) is 9.35. The van der Waals surface area contributed by atoms with Crippen molar-refractivity contribution in [3.8, 4) is 0 Å². The van der Waals surface area contributed by atoms with Crippen LogP contribution in [-0.2, 0) is 18.9 Å². The Balaban J connectivity index is 1.29. The summed E-state index contributed by atoms with van der Waals surface area (Å²) in [6, 6.07) is 0. The molecule has 19 heavy (non-hydrogen) atoms. The molecule has 0 radical (unpaired) electrons. The molecule has 0 saturated heterocycles. The molecule has 4 nitrogen and oxygen atoms in total. The van der Waals surface area contributed by atoms with Gasteiger partial charge in [-0.3, -0.25) is 0 Å². The van der Waals surface area contributed by atoms with Crippen molar-refractivity contribution < 1.29 is 18.9 Å². The largest absolute Gasteiger partial charge is 0.349 e. The summed E-state index contributed by atoms with van der Waals surface area (Å²) in [6.45, 7) is 0. The second-order valence-electron chi connectivity index (χ2n) is 6.44. The van der Waals surface area contributed by atoms with E-state index in [0.29, 0.717) is 24.4 Å². The average Bonchev–Trinajstić information content (AvgIpc) is 3.17. The minimum absolute atomic E-state index is 0.123. The van der Waals surface area contributed by atoms with Crippen LogP contribution in [0.15, 0.2) is 0 Å². The third-order valence-electron chi connectivity index (χ3n) is 3.86. The first-order valence-electron chi connectivity index (χ1n) is 7.97. The molecule has 0 aromatic rings.